The normalized spacial score (nSPS) is 15.9. The number of hydrogen-bond acceptors (Lipinski definition) is 4. The number of hydrogen-bond donors (Lipinski definition) is 2. The van der Waals surface area contributed by atoms with Crippen molar-refractivity contribution < 1.29 is 9.59 Å². The molecule has 1 saturated heterocycles. The van der Waals surface area contributed by atoms with Crippen LogP contribution in [-0.4, -0.2) is 51.2 Å². The molecule has 27 heavy (non-hydrogen) atoms. The second kappa shape index (κ2) is 8.81. The zero-order valence-electron chi connectivity index (χ0n) is 15.9. The van der Waals surface area contributed by atoms with Crippen molar-refractivity contribution in [2.45, 2.75) is 45.6 Å². The summed E-state index contributed by atoms with van der Waals surface area (Å²) in [5, 5.41) is 13.6. The topological polar surface area (TPSA) is 81.3 Å². The third-order valence-electron chi connectivity index (χ3n) is 4.86. The van der Waals surface area contributed by atoms with Gasteiger partial charge in [-0.2, -0.15) is 5.10 Å². The van der Waals surface area contributed by atoms with Crippen LogP contribution in [0.1, 0.15) is 39.5 Å². The highest BCUT2D eigenvalue weighted by Crippen LogP contribution is 2.21. The predicted molar refractivity (Wildman–Crippen MR) is 105 cm³/mol. The van der Waals surface area contributed by atoms with Gasteiger partial charge in [0.25, 0.3) is 0 Å². The molecule has 144 valence electrons. The Morgan fingerprint density at radius 3 is 2.56 bits per heavy atom. The Hall–Kier alpha value is -2.67. The average Bonchev–Trinajstić information content (AvgIpc) is 3.15. The van der Waals surface area contributed by atoms with E-state index in [1.54, 1.807) is 11.1 Å². The fourth-order valence-electron chi connectivity index (χ4n) is 3.54. The lowest BCUT2D eigenvalue weighted by atomic mass is 10.1. The van der Waals surface area contributed by atoms with E-state index in [9.17, 15) is 9.59 Å². The molecule has 7 nitrogen and oxygen atoms in total. The smallest absolute Gasteiger partial charge is 0.249 e. The lowest BCUT2D eigenvalue weighted by Gasteiger charge is -2.40. The summed E-state index contributed by atoms with van der Waals surface area (Å²) in [6, 6.07) is 11.1. The summed E-state index contributed by atoms with van der Waals surface area (Å²) in [5.74, 6) is 0.134. The SMILES string of the molecule is CCC(C(=O)Nc1cc(-c2ccccc2)[nH]n1)N(C(C)=O)N1CCCCC1. The molecule has 0 spiro atoms. The predicted octanol–water partition coefficient (Wildman–Crippen LogP) is 3.04. The lowest BCUT2D eigenvalue weighted by Crippen LogP contribution is -2.56. The minimum atomic E-state index is -0.544. The Bertz CT molecular complexity index is 768. The molecule has 0 radical (unpaired) electrons. The van der Waals surface area contributed by atoms with Crippen LogP contribution in [-0.2, 0) is 9.59 Å². The second-order valence-electron chi connectivity index (χ2n) is 6.82. The summed E-state index contributed by atoms with van der Waals surface area (Å²) in [6.07, 6.45) is 3.79. The number of nitrogens with one attached hydrogen (secondary N) is 2. The van der Waals surface area contributed by atoms with E-state index in [4.69, 9.17) is 0 Å². The van der Waals surface area contributed by atoms with Crippen LogP contribution in [0, 0.1) is 0 Å². The molecule has 1 fully saturated rings. The quantitative estimate of drug-likeness (QED) is 0.820. The first kappa shape index (κ1) is 19.1. The van der Waals surface area contributed by atoms with Gasteiger partial charge < -0.3 is 5.32 Å². The van der Waals surface area contributed by atoms with Gasteiger partial charge in [-0.1, -0.05) is 43.7 Å². The van der Waals surface area contributed by atoms with Crippen LogP contribution < -0.4 is 5.32 Å². The Kier molecular flexibility index (Phi) is 6.24. The molecule has 0 bridgehead atoms. The van der Waals surface area contributed by atoms with E-state index < -0.39 is 6.04 Å². The van der Waals surface area contributed by atoms with Crippen LogP contribution in [0.15, 0.2) is 36.4 Å². The second-order valence-corrected chi connectivity index (χ2v) is 6.82. The van der Waals surface area contributed by atoms with Gasteiger partial charge in [-0.15, -0.1) is 0 Å². The van der Waals surface area contributed by atoms with Gasteiger partial charge in [0, 0.05) is 26.1 Å². The molecule has 7 heteroatoms. The number of carbonyl (C=O) groups excluding carboxylic acids is 2. The minimum Gasteiger partial charge on any atom is -0.307 e. The monoisotopic (exact) mass is 369 g/mol. The summed E-state index contributed by atoms with van der Waals surface area (Å²) >= 11 is 0. The summed E-state index contributed by atoms with van der Waals surface area (Å²) in [4.78, 5) is 25.2. The highest BCUT2D eigenvalue weighted by atomic mass is 16.2. The van der Waals surface area contributed by atoms with E-state index in [-0.39, 0.29) is 11.8 Å². The number of benzene rings is 1. The van der Waals surface area contributed by atoms with E-state index in [0.29, 0.717) is 12.2 Å². The van der Waals surface area contributed by atoms with Gasteiger partial charge in [-0.25, -0.2) is 5.01 Å². The van der Waals surface area contributed by atoms with Crippen molar-refractivity contribution >= 4 is 17.6 Å². The molecule has 2 heterocycles. The molecule has 3 rings (SSSR count). The van der Waals surface area contributed by atoms with E-state index >= 15 is 0 Å². The van der Waals surface area contributed by atoms with E-state index in [1.807, 2.05) is 42.3 Å². The Labute approximate surface area is 159 Å². The largest absolute Gasteiger partial charge is 0.307 e. The highest BCUT2D eigenvalue weighted by molar-refractivity contribution is 5.96. The van der Waals surface area contributed by atoms with Crippen molar-refractivity contribution in [1.29, 1.82) is 0 Å². The minimum absolute atomic E-state index is 0.106. The number of anilines is 1. The standard InChI is InChI=1S/C20H27N5O2/c1-3-18(25(15(2)26)24-12-8-5-9-13-24)20(27)21-19-14-17(22-23-19)16-10-6-4-7-11-16/h4,6-7,10-11,14,18H,3,5,8-9,12-13H2,1-2H3,(H2,21,22,23,27). The van der Waals surface area contributed by atoms with Crippen molar-refractivity contribution in [3.8, 4) is 11.3 Å². The maximum absolute atomic E-state index is 12.9. The molecule has 2 aromatic rings. The third kappa shape index (κ3) is 4.54. The molecule has 1 aromatic heterocycles. The van der Waals surface area contributed by atoms with Crippen LogP contribution in [0.5, 0.6) is 0 Å². The average molecular weight is 369 g/mol. The molecule has 2 N–H and O–H groups in total. The lowest BCUT2D eigenvalue weighted by molar-refractivity contribution is -0.160. The zero-order valence-corrected chi connectivity index (χ0v) is 15.9. The highest BCUT2D eigenvalue weighted by Gasteiger charge is 2.32. The van der Waals surface area contributed by atoms with E-state index in [2.05, 4.69) is 15.5 Å². The number of piperidine rings is 1. The number of aromatic amines is 1. The van der Waals surface area contributed by atoms with Crippen LogP contribution >= 0.6 is 0 Å². The van der Waals surface area contributed by atoms with Gasteiger partial charge in [0.1, 0.15) is 6.04 Å². The van der Waals surface area contributed by atoms with Gasteiger partial charge in [0.15, 0.2) is 5.82 Å². The molecule has 1 aliphatic heterocycles. The number of rotatable bonds is 6. The first-order chi connectivity index (χ1) is 13.1. The first-order valence-electron chi connectivity index (χ1n) is 9.56. The number of hydrazine groups is 1. The van der Waals surface area contributed by atoms with E-state index in [1.165, 1.54) is 13.3 Å². The van der Waals surface area contributed by atoms with Crippen LogP contribution in [0.3, 0.4) is 0 Å². The Morgan fingerprint density at radius 2 is 1.93 bits per heavy atom. The summed E-state index contributed by atoms with van der Waals surface area (Å²) in [6.45, 7) is 5.06. The van der Waals surface area contributed by atoms with Crippen molar-refractivity contribution in [1.82, 2.24) is 20.2 Å². The number of carbonyl (C=O) groups is 2. The van der Waals surface area contributed by atoms with Crippen LogP contribution in [0.2, 0.25) is 0 Å². The number of aromatic nitrogens is 2. The zero-order chi connectivity index (χ0) is 19.2. The maximum atomic E-state index is 12.9. The number of H-pyrrole nitrogens is 1. The van der Waals surface area contributed by atoms with Crippen molar-refractivity contribution in [3.05, 3.63) is 36.4 Å². The molecular weight excluding hydrogens is 342 g/mol. The summed E-state index contributed by atoms with van der Waals surface area (Å²) < 4.78 is 0. The maximum Gasteiger partial charge on any atom is 0.249 e. The van der Waals surface area contributed by atoms with Crippen molar-refractivity contribution in [3.63, 3.8) is 0 Å². The molecule has 1 aliphatic rings. The van der Waals surface area contributed by atoms with Gasteiger partial charge >= 0.3 is 0 Å². The molecule has 1 aromatic carbocycles. The van der Waals surface area contributed by atoms with Crippen molar-refractivity contribution in [2.75, 3.05) is 18.4 Å². The third-order valence-corrected chi connectivity index (χ3v) is 4.86. The number of amides is 2. The van der Waals surface area contributed by atoms with Gasteiger partial charge in [0.2, 0.25) is 11.8 Å². The molecular formula is C20H27N5O2. The number of nitrogens with zero attached hydrogens (tertiary/aromatic N) is 3. The Balaban J connectivity index is 1.72. The summed E-state index contributed by atoms with van der Waals surface area (Å²) in [7, 11) is 0. The van der Waals surface area contributed by atoms with Gasteiger partial charge in [0.05, 0.1) is 5.69 Å². The summed E-state index contributed by atoms with van der Waals surface area (Å²) in [5.41, 5.74) is 1.83. The van der Waals surface area contributed by atoms with Crippen molar-refractivity contribution in [2.24, 2.45) is 0 Å². The van der Waals surface area contributed by atoms with E-state index in [0.717, 1.165) is 37.2 Å². The molecule has 1 atom stereocenters. The van der Waals surface area contributed by atoms with Gasteiger partial charge in [-0.3, -0.25) is 19.7 Å². The fourth-order valence-corrected chi connectivity index (χ4v) is 3.54. The Morgan fingerprint density at radius 1 is 1.22 bits per heavy atom. The molecule has 0 saturated carbocycles. The molecule has 1 unspecified atom stereocenters. The van der Waals surface area contributed by atoms with Gasteiger partial charge in [-0.05, 0) is 24.8 Å². The fraction of sp³-hybridized carbons (Fsp3) is 0.450. The molecule has 0 aliphatic carbocycles. The first-order valence-corrected chi connectivity index (χ1v) is 9.56. The van der Waals surface area contributed by atoms with Crippen LogP contribution in [0.4, 0.5) is 5.82 Å². The molecule has 2 amide bonds. The van der Waals surface area contributed by atoms with Crippen LogP contribution in [0.25, 0.3) is 11.3 Å².